The summed E-state index contributed by atoms with van der Waals surface area (Å²) in [7, 11) is 1.37. The first-order chi connectivity index (χ1) is 7.63. The number of hydrogen-bond acceptors (Lipinski definition) is 4. The van der Waals surface area contributed by atoms with Gasteiger partial charge in [0.25, 0.3) is 0 Å². The van der Waals surface area contributed by atoms with Gasteiger partial charge in [-0.1, -0.05) is 0 Å². The molecule has 0 bridgehead atoms. The van der Waals surface area contributed by atoms with Crippen molar-refractivity contribution in [2.24, 2.45) is 0 Å². The van der Waals surface area contributed by atoms with Gasteiger partial charge in [-0.05, 0) is 24.3 Å². The molecule has 1 aromatic rings. The van der Waals surface area contributed by atoms with E-state index in [1.165, 1.54) is 31.4 Å². The molecule has 1 aliphatic carbocycles. The molecule has 0 saturated heterocycles. The predicted molar refractivity (Wildman–Crippen MR) is 54.6 cm³/mol. The molecule has 84 valence electrons. The van der Waals surface area contributed by atoms with Crippen molar-refractivity contribution in [2.75, 3.05) is 12.4 Å². The molecule has 0 spiro atoms. The summed E-state index contributed by atoms with van der Waals surface area (Å²) < 4.78 is 17.5. The summed E-state index contributed by atoms with van der Waals surface area (Å²) in [6, 6.07) is 4.88. The lowest BCUT2D eigenvalue weighted by Crippen LogP contribution is -2.61. The molecule has 2 atom stereocenters. The number of anilines is 1. The lowest BCUT2D eigenvalue weighted by atomic mass is 9.85. The summed E-state index contributed by atoms with van der Waals surface area (Å²) in [4.78, 5) is 22.3. The van der Waals surface area contributed by atoms with Crippen LogP contribution in [0.1, 0.15) is 0 Å². The second-order valence-corrected chi connectivity index (χ2v) is 3.51. The van der Waals surface area contributed by atoms with E-state index in [4.69, 9.17) is 4.74 Å². The van der Waals surface area contributed by atoms with Crippen LogP contribution in [0.4, 0.5) is 10.1 Å². The summed E-state index contributed by atoms with van der Waals surface area (Å²) in [5.41, 5.74) is 0.578. The van der Waals surface area contributed by atoms with E-state index >= 15 is 0 Å². The first kappa shape index (κ1) is 10.8. The zero-order chi connectivity index (χ0) is 11.7. The van der Waals surface area contributed by atoms with Crippen molar-refractivity contribution < 1.29 is 18.7 Å². The van der Waals surface area contributed by atoms with E-state index in [1.807, 2.05) is 0 Å². The van der Waals surface area contributed by atoms with Crippen molar-refractivity contribution in [3.63, 3.8) is 0 Å². The Bertz CT molecular complexity index is 429. The molecule has 16 heavy (non-hydrogen) atoms. The number of ketones is 2. The zero-order valence-electron chi connectivity index (χ0n) is 8.57. The van der Waals surface area contributed by atoms with Crippen molar-refractivity contribution >= 4 is 17.3 Å². The minimum absolute atomic E-state index is 0.357. The van der Waals surface area contributed by atoms with Crippen LogP contribution in [0.2, 0.25) is 0 Å². The molecule has 2 rings (SSSR count). The summed E-state index contributed by atoms with van der Waals surface area (Å²) in [5.74, 6) is -1.39. The Morgan fingerprint density at radius 2 is 1.81 bits per heavy atom. The number of carbonyl (C=O) groups is 2. The van der Waals surface area contributed by atoms with Crippen molar-refractivity contribution in [3.05, 3.63) is 30.1 Å². The monoisotopic (exact) mass is 223 g/mol. The van der Waals surface area contributed by atoms with E-state index in [9.17, 15) is 14.0 Å². The van der Waals surface area contributed by atoms with Gasteiger partial charge in [0.15, 0.2) is 6.10 Å². The van der Waals surface area contributed by atoms with Gasteiger partial charge in [-0.25, -0.2) is 4.39 Å². The molecule has 1 aliphatic rings. The summed E-state index contributed by atoms with van der Waals surface area (Å²) in [6.07, 6.45) is -0.738. The predicted octanol–water partition coefficient (Wildman–Crippen LogP) is 0.773. The van der Waals surface area contributed by atoms with Crippen LogP contribution in [-0.2, 0) is 14.3 Å². The van der Waals surface area contributed by atoms with Gasteiger partial charge in [0.1, 0.15) is 11.9 Å². The minimum atomic E-state index is -0.738. The van der Waals surface area contributed by atoms with Gasteiger partial charge in [-0.3, -0.25) is 9.59 Å². The fourth-order valence-electron chi connectivity index (χ4n) is 1.60. The van der Waals surface area contributed by atoms with E-state index in [1.54, 1.807) is 0 Å². The molecule has 1 fully saturated rings. The molecule has 0 aromatic heterocycles. The highest BCUT2D eigenvalue weighted by Crippen LogP contribution is 2.20. The molecular weight excluding hydrogens is 213 g/mol. The number of ether oxygens (including phenoxy) is 1. The van der Waals surface area contributed by atoms with E-state index in [0.717, 1.165) is 0 Å². The fraction of sp³-hybridized carbons (Fsp3) is 0.273. The van der Waals surface area contributed by atoms with Crippen LogP contribution >= 0.6 is 0 Å². The number of rotatable bonds is 3. The van der Waals surface area contributed by atoms with E-state index in [2.05, 4.69) is 5.32 Å². The Hall–Kier alpha value is -1.75. The van der Waals surface area contributed by atoms with Gasteiger partial charge in [-0.2, -0.15) is 0 Å². The third-order valence-corrected chi connectivity index (χ3v) is 2.51. The average Bonchev–Trinajstić information content (AvgIpc) is 2.30. The van der Waals surface area contributed by atoms with Gasteiger partial charge < -0.3 is 10.1 Å². The van der Waals surface area contributed by atoms with Crippen LogP contribution in [0.15, 0.2) is 24.3 Å². The SMILES string of the molecule is COC1C(=O)C(=O)C1Nc1ccc(F)cc1. The molecule has 1 aromatic carbocycles. The number of nitrogens with one attached hydrogen (secondary N) is 1. The highest BCUT2D eigenvalue weighted by atomic mass is 19.1. The molecule has 0 aliphatic heterocycles. The first-order valence-electron chi connectivity index (χ1n) is 4.76. The summed E-state index contributed by atoms with van der Waals surface area (Å²) >= 11 is 0. The summed E-state index contributed by atoms with van der Waals surface area (Å²) in [5, 5.41) is 2.82. The van der Waals surface area contributed by atoms with Crippen molar-refractivity contribution in [1.29, 1.82) is 0 Å². The molecule has 0 amide bonds. The Kier molecular flexibility index (Phi) is 2.70. The number of methoxy groups -OCH3 is 1. The number of halogens is 1. The third-order valence-electron chi connectivity index (χ3n) is 2.51. The smallest absolute Gasteiger partial charge is 0.231 e. The minimum Gasteiger partial charge on any atom is -0.372 e. The van der Waals surface area contributed by atoms with Crippen molar-refractivity contribution in [1.82, 2.24) is 0 Å². The van der Waals surface area contributed by atoms with Crippen LogP contribution in [0.5, 0.6) is 0 Å². The quantitative estimate of drug-likeness (QED) is 0.769. The largest absolute Gasteiger partial charge is 0.372 e. The first-order valence-corrected chi connectivity index (χ1v) is 4.76. The summed E-state index contributed by atoms with van der Waals surface area (Å²) in [6.45, 7) is 0. The maximum Gasteiger partial charge on any atom is 0.231 e. The molecule has 2 unspecified atom stereocenters. The van der Waals surface area contributed by atoms with E-state index < -0.39 is 23.7 Å². The van der Waals surface area contributed by atoms with Crippen molar-refractivity contribution in [3.8, 4) is 0 Å². The van der Waals surface area contributed by atoms with Crippen LogP contribution < -0.4 is 5.32 Å². The van der Waals surface area contributed by atoms with Crippen LogP contribution in [-0.4, -0.2) is 30.8 Å². The van der Waals surface area contributed by atoms with E-state index in [0.29, 0.717) is 5.69 Å². The standard InChI is InChI=1S/C11H10FNO3/c1-16-11-8(9(14)10(11)15)13-7-4-2-6(12)3-5-7/h2-5,8,11,13H,1H3. The Morgan fingerprint density at radius 3 is 2.38 bits per heavy atom. The Balaban J connectivity index is 2.08. The molecule has 1 saturated carbocycles. The lowest BCUT2D eigenvalue weighted by Gasteiger charge is -2.32. The number of benzene rings is 1. The van der Waals surface area contributed by atoms with Gasteiger partial charge in [0.05, 0.1) is 0 Å². The maximum absolute atomic E-state index is 12.6. The number of hydrogen-bond donors (Lipinski definition) is 1. The third kappa shape index (κ3) is 1.69. The van der Waals surface area contributed by atoms with Crippen molar-refractivity contribution in [2.45, 2.75) is 12.1 Å². The number of carbonyl (C=O) groups excluding carboxylic acids is 2. The Labute approximate surface area is 91.4 Å². The topological polar surface area (TPSA) is 55.4 Å². The van der Waals surface area contributed by atoms with E-state index in [-0.39, 0.29) is 5.82 Å². The van der Waals surface area contributed by atoms with Crippen LogP contribution in [0.25, 0.3) is 0 Å². The van der Waals surface area contributed by atoms with Gasteiger partial charge >= 0.3 is 0 Å². The van der Waals surface area contributed by atoms with Crippen LogP contribution in [0, 0.1) is 5.82 Å². The molecule has 5 heteroatoms. The highest BCUT2D eigenvalue weighted by Gasteiger charge is 2.49. The second kappa shape index (κ2) is 4.02. The normalized spacial score (nSPS) is 24.1. The molecular formula is C11H10FNO3. The van der Waals surface area contributed by atoms with Crippen LogP contribution in [0.3, 0.4) is 0 Å². The fourth-order valence-corrected chi connectivity index (χ4v) is 1.60. The van der Waals surface area contributed by atoms with Gasteiger partial charge in [0.2, 0.25) is 11.6 Å². The molecule has 1 N–H and O–H groups in total. The van der Waals surface area contributed by atoms with Gasteiger partial charge in [-0.15, -0.1) is 0 Å². The molecule has 0 heterocycles. The lowest BCUT2D eigenvalue weighted by molar-refractivity contribution is -0.154. The Morgan fingerprint density at radius 1 is 1.19 bits per heavy atom. The second-order valence-electron chi connectivity index (χ2n) is 3.51. The zero-order valence-corrected chi connectivity index (χ0v) is 8.57. The maximum atomic E-state index is 12.6. The average molecular weight is 223 g/mol. The number of Topliss-reactive ketones (excluding diaryl/α,β-unsaturated/α-hetero) is 2. The highest BCUT2D eigenvalue weighted by molar-refractivity contribution is 6.49. The molecule has 0 radical (unpaired) electrons. The molecule has 4 nitrogen and oxygen atoms in total. The van der Waals surface area contributed by atoms with Gasteiger partial charge in [0, 0.05) is 12.8 Å².